The van der Waals surface area contributed by atoms with Crippen molar-refractivity contribution in [1.82, 2.24) is 0 Å². The highest BCUT2D eigenvalue weighted by Gasteiger charge is 2.13. The second kappa shape index (κ2) is 9.01. The van der Waals surface area contributed by atoms with Gasteiger partial charge < -0.3 is 4.74 Å². The highest BCUT2D eigenvalue weighted by molar-refractivity contribution is 5.89. The number of ether oxygens (including phenoxy) is 1. The van der Waals surface area contributed by atoms with Crippen molar-refractivity contribution in [3.05, 3.63) is 51.9 Å². The van der Waals surface area contributed by atoms with Gasteiger partial charge in [-0.05, 0) is 54.5 Å². The zero-order chi connectivity index (χ0) is 16.5. The Bertz CT molecular complexity index is 595. The minimum atomic E-state index is -0.313. The molecule has 0 saturated heterocycles. The van der Waals surface area contributed by atoms with Crippen molar-refractivity contribution in [3.63, 3.8) is 0 Å². The highest BCUT2D eigenvalue weighted by Crippen LogP contribution is 2.28. The molecule has 122 valence electrons. The van der Waals surface area contributed by atoms with Gasteiger partial charge in [0, 0.05) is 4.91 Å². The number of carbonyl (C=O) groups excluding carboxylic acids is 1. The van der Waals surface area contributed by atoms with Crippen molar-refractivity contribution >= 4 is 11.5 Å². The molecule has 0 spiro atoms. The Balaban J connectivity index is 2.19. The molecule has 1 saturated carbocycles. The van der Waals surface area contributed by atoms with Crippen molar-refractivity contribution in [3.8, 4) is 0 Å². The van der Waals surface area contributed by atoms with Gasteiger partial charge in [-0.3, -0.25) is 0 Å². The normalized spacial score (nSPS) is 15.8. The van der Waals surface area contributed by atoms with Crippen LogP contribution in [0.4, 0.5) is 0 Å². The lowest BCUT2D eigenvalue weighted by Crippen LogP contribution is -2.06. The first-order chi connectivity index (χ1) is 11.2. The molecule has 0 unspecified atom stereocenters. The Morgan fingerprint density at radius 3 is 2.52 bits per heavy atom. The summed E-state index contributed by atoms with van der Waals surface area (Å²) in [5.74, 6) is 0.240. The average Bonchev–Trinajstić information content (AvgIpc) is 2.60. The maximum atomic E-state index is 11.7. The predicted molar refractivity (Wildman–Crippen MR) is 91.0 cm³/mol. The van der Waals surface area contributed by atoms with Crippen LogP contribution in [0, 0.1) is 5.92 Å². The van der Waals surface area contributed by atoms with Gasteiger partial charge in [-0.1, -0.05) is 42.6 Å². The fraction of sp³-hybridized carbons (Fsp3) is 0.500. The van der Waals surface area contributed by atoms with Crippen molar-refractivity contribution in [2.24, 2.45) is 11.0 Å². The van der Waals surface area contributed by atoms with Crippen LogP contribution in [-0.4, -0.2) is 19.1 Å². The number of azide groups is 1. The van der Waals surface area contributed by atoms with Gasteiger partial charge in [0.15, 0.2) is 0 Å². The first-order valence-electron chi connectivity index (χ1n) is 8.23. The van der Waals surface area contributed by atoms with Gasteiger partial charge in [-0.25, -0.2) is 4.79 Å². The van der Waals surface area contributed by atoms with E-state index in [9.17, 15) is 4.79 Å². The Kier molecular flexibility index (Phi) is 6.70. The van der Waals surface area contributed by atoms with E-state index in [0.717, 1.165) is 11.1 Å². The van der Waals surface area contributed by atoms with Crippen molar-refractivity contribution < 1.29 is 9.53 Å². The van der Waals surface area contributed by atoms with E-state index in [0.29, 0.717) is 24.6 Å². The molecule has 0 heterocycles. The standard InChI is InChI=1S/C18H23N3O2/c1-2-23-18(22)16-10-8-15(9-11-16)17(13-20-21-19)12-14-6-4-3-5-7-14/h8-12,14H,2-7,13H2,1H3/b17-12+. The average molecular weight is 313 g/mol. The van der Waals surface area contributed by atoms with Crippen LogP contribution in [0.2, 0.25) is 0 Å². The van der Waals surface area contributed by atoms with Crippen LogP contribution < -0.4 is 0 Å². The first kappa shape index (κ1) is 17.1. The van der Waals surface area contributed by atoms with E-state index >= 15 is 0 Å². The van der Waals surface area contributed by atoms with E-state index in [1.807, 2.05) is 12.1 Å². The van der Waals surface area contributed by atoms with Crippen LogP contribution in [0.1, 0.15) is 54.9 Å². The Hall–Kier alpha value is -2.26. The van der Waals surface area contributed by atoms with Gasteiger partial charge in [0.1, 0.15) is 0 Å². The van der Waals surface area contributed by atoms with Gasteiger partial charge >= 0.3 is 5.97 Å². The summed E-state index contributed by atoms with van der Waals surface area (Å²) >= 11 is 0. The van der Waals surface area contributed by atoms with Crippen molar-refractivity contribution in [1.29, 1.82) is 0 Å². The van der Waals surface area contributed by atoms with Crippen LogP contribution in [0.3, 0.4) is 0 Å². The molecule has 1 aliphatic rings. The zero-order valence-electron chi connectivity index (χ0n) is 13.6. The first-order valence-corrected chi connectivity index (χ1v) is 8.23. The molecule has 0 aromatic heterocycles. The van der Waals surface area contributed by atoms with E-state index in [2.05, 4.69) is 16.1 Å². The molecule has 1 fully saturated rings. The summed E-state index contributed by atoms with van der Waals surface area (Å²) in [4.78, 5) is 14.6. The second-order valence-corrected chi connectivity index (χ2v) is 5.78. The molecule has 1 aromatic carbocycles. The number of hydrogen-bond acceptors (Lipinski definition) is 3. The highest BCUT2D eigenvalue weighted by atomic mass is 16.5. The van der Waals surface area contributed by atoms with Crippen molar-refractivity contribution in [2.45, 2.75) is 39.0 Å². The molecular formula is C18H23N3O2. The van der Waals surface area contributed by atoms with Gasteiger partial charge in [-0.2, -0.15) is 0 Å². The molecule has 0 N–H and O–H groups in total. The number of hydrogen-bond donors (Lipinski definition) is 0. The number of esters is 1. The summed E-state index contributed by atoms with van der Waals surface area (Å²) in [6.45, 7) is 2.49. The smallest absolute Gasteiger partial charge is 0.338 e. The fourth-order valence-electron chi connectivity index (χ4n) is 2.97. The molecule has 0 amide bonds. The Morgan fingerprint density at radius 1 is 1.26 bits per heavy atom. The SMILES string of the molecule is CCOC(=O)c1ccc(/C(=C/C2CCCCC2)CN=[N+]=[N-])cc1. The van der Waals surface area contributed by atoms with E-state index in [4.69, 9.17) is 10.3 Å². The Labute approximate surface area is 137 Å². The quantitative estimate of drug-likeness (QED) is 0.316. The van der Waals surface area contributed by atoms with E-state index in [1.54, 1.807) is 19.1 Å². The minimum Gasteiger partial charge on any atom is -0.462 e. The molecule has 1 aliphatic carbocycles. The zero-order valence-corrected chi connectivity index (χ0v) is 13.6. The Morgan fingerprint density at radius 2 is 1.91 bits per heavy atom. The lowest BCUT2D eigenvalue weighted by molar-refractivity contribution is 0.0526. The summed E-state index contributed by atoms with van der Waals surface area (Å²) in [5, 5.41) is 3.72. The largest absolute Gasteiger partial charge is 0.462 e. The third-order valence-electron chi connectivity index (χ3n) is 4.16. The van der Waals surface area contributed by atoms with Crippen LogP contribution >= 0.6 is 0 Å². The van der Waals surface area contributed by atoms with E-state index < -0.39 is 0 Å². The maximum absolute atomic E-state index is 11.7. The molecule has 23 heavy (non-hydrogen) atoms. The lowest BCUT2D eigenvalue weighted by Gasteiger charge is -2.19. The number of carbonyl (C=O) groups is 1. The molecule has 5 nitrogen and oxygen atoms in total. The van der Waals surface area contributed by atoms with Gasteiger partial charge in [0.2, 0.25) is 0 Å². The molecule has 0 atom stereocenters. The summed E-state index contributed by atoms with van der Waals surface area (Å²) in [6, 6.07) is 7.32. The molecule has 0 bridgehead atoms. The fourth-order valence-corrected chi connectivity index (χ4v) is 2.97. The van der Waals surface area contributed by atoms with Gasteiger partial charge in [-0.15, -0.1) is 0 Å². The molecular weight excluding hydrogens is 290 g/mol. The molecule has 5 heteroatoms. The minimum absolute atomic E-state index is 0.313. The number of nitrogens with zero attached hydrogens (tertiary/aromatic N) is 3. The summed E-state index contributed by atoms with van der Waals surface area (Å²) < 4.78 is 4.99. The number of rotatable bonds is 6. The second-order valence-electron chi connectivity index (χ2n) is 5.78. The number of allylic oxidation sites excluding steroid dienone is 1. The molecule has 2 rings (SSSR count). The molecule has 0 aliphatic heterocycles. The topological polar surface area (TPSA) is 75.1 Å². The van der Waals surface area contributed by atoms with Crippen LogP contribution in [0.5, 0.6) is 0 Å². The lowest BCUT2D eigenvalue weighted by atomic mass is 9.87. The van der Waals surface area contributed by atoms with Crippen LogP contribution in [0.15, 0.2) is 35.5 Å². The van der Waals surface area contributed by atoms with Crippen molar-refractivity contribution in [2.75, 3.05) is 13.2 Å². The molecule has 1 aromatic rings. The predicted octanol–water partition coefficient (Wildman–Crippen LogP) is 5.14. The molecule has 0 radical (unpaired) electrons. The monoisotopic (exact) mass is 313 g/mol. The van der Waals surface area contributed by atoms with Crippen LogP contribution in [0.25, 0.3) is 16.0 Å². The summed E-state index contributed by atoms with van der Waals surface area (Å²) in [6.07, 6.45) is 8.47. The summed E-state index contributed by atoms with van der Waals surface area (Å²) in [5.41, 5.74) is 11.2. The van der Waals surface area contributed by atoms with Gasteiger partial charge in [0.05, 0.1) is 18.7 Å². The van der Waals surface area contributed by atoms with E-state index in [-0.39, 0.29) is 5.97 Å². The van der Waals surface area contributed by atoms with Gasteiger partial charge in [0.25, 0.3) is 0 Å². The summed E-state index contributed by atoms with van der Waals surface area (Å²) in [7, 11) is 0. The maximum Gasteiger partial charge on any atom is 0.338 e. The third kappa shape index (κ3) is 5.15. The third-order valence-corrected chi connectivity index (χ3v) is 4.16. The number of benzene rings is 1. The van der Waals surface area contributed by atoms with E-state index in [1.165, 1.54) is 32.1 Å². The van der Waals surface area contributed by atoms with Crippen LogP contribution in [-0.2, 0) is 4.74 Å².